The first-order valence-corrected chi connectivity index (χ1v) is 7.27. The minimum Gasteiger partial charge on any atom is -0.386 e. The summed E-state index contributed by atoms with van der Waals surface area (Å²) in [6.45, 7) is 6.92. The Morgan fingerprint density at radius 2 is 2.11 bits per heavy atom. The van der Waals surface area contributed by atoms with E-state index in [-0.39, 0.29) is 0 Å². The Labute approximate surface area is 122 Å². The quantitative estimate of drug-likeness (QED) is 0.934. The van der Waals surface area contributed by atoms with Crippen molar-refractivity contribution in [2.24, 2.45) is 0 Å². The van der Waals surface area contributed by atoms with Crippen molar-refractivity contribution in [3.05, 3.63) is 51.3 Å². The molecule has 0 amide bonds. The van der Waals surface area contributed by atoms with Gasteiger partial charge < -0.3 is 5.11 Å². The van der Waals surface area contributed by atoms with Crippen LogP contribution < -0.4 is 0 Å². The average molecular weight is 323 g/mol. The van der Waals surface area contributed by atoms with Crippen LogP contribution in [0.5, 0.6) is 0 Å². The maximum absolute atomic E-state index is 10.5. The van der Waals surface area contributed by atoms with Crippen LogP contribution in [0.1, 0.15) is 35.4 Å². The molecule has 102 valence electrons. The SMILES string of the molecule is CCn1ncc(Br)c1C(O)Cc1cc(C)ccc1C. The highest BCUT2D eigenvalue weighted by molar-refractivity contribution is 9.10. The van der Waals surface area contributed by atoms with Crippen LogP contribution in [0, 0.1) is 13.8 Å². The molecule has 1 heterocycles. The number of aliphatic hydroxyl groups is 1. The minimum absolute atomic E-state index is 0.544. The number of halogens is 1. The van der Waals surface area contributed by atoms with Crippen LogP contribution in [-0.4, -0.2) is 14.9 Å². The molecule has 0 spiro atoms. The molecule has 0 fully saturated rings. The van der Waals surface area contributed by atoms with Gasteiger partial charge in [0.25, 0.3) is 0 Å². The molecule has 2 aromatic rings. The topological polar surface area (TPSA) is 38.0 Å². The molecule has 0 saturated carbocycles. The third-order valence-corrected chi connectivity index (χ3v) is 3.98. The Balaban J connectivity index is 2.27. The Morgan fingerprint density at radius 3 is 2.79 bits per heavy atom. The average Bonchev–Trinajstić information content (AvgIpc) is 2.75. The van der Waals surface area contributed by atoms with Crippen LogP contribution in [0.4, 0.5) is 0 Å². The van der Waals surface area contributed by atoms with Crippen molar-refractivity contribution in [1.82, 2.24) is 9.78 Å². The predicted molar refractivity (Wildman–Crippen MR) is 80.2 cm³/mol. The molecule has 1 unspecified atom stereocenters. The van der Waals surface area contributed by atoms with Crippen LogP contribution in [0.2, 0.25) is 0 Å². The van der Waals surface area contributed by atoms with Gasteiger partial charge in [0, 0.05) is 13.0 Å². The lowest BCUT2D eigenvalue weighted by atomic mass is 9.99. The minimum atomic E-state index is -0.544. The zero-order valence-electron chi connectivity index (χ0n) is 11.5. The lowest BCUT2D eigenvalue weighted by Gasteiger charge is -2.15. The third-order valence-electron chi connectivity index (χ3n) is 3.37. The summed E-state index contributed by atoms with van der Waals surface area (Å²) in [5.41, 5.74) is 4.46. The van der Waals surface area contributed by atoms with E-state index in [9.17, 15) is 5.11 Å². The number of rotatable bonds is 4. The van der Waals surface area contributed by atoms with Crippen LogP contribution in [0.15, 0.2) is 28.9 Å². The second-order valence-corrected chi connectivity index (χ2v) is 5.70. The van der Waals surface area contributed by atoms with Crippen LogP contribution in [0.25, 0.3) is 0 Å². The Morgan fingerprint density at radius 1 is 1.37 bits per heavy atom. The summed E-state index contributed by atoms with van der Waals surface area (Å²) in [6, 6.07) is 6.33. The van der Waals surface area contributed by atoms with Crippen molar-refractivity contribution in [2.75, 3.05) is 0 Å². The Kier molecular flexibility index (Phi) is 4.42. The first kappa shape index (κ1) is 14.3. The molecule has 0 bridgehead atoms. The number of hydrogen-bond acceptors (Lipinski definition) is 2. The van der Waals surface area contributed by atoms with E-state index in [2.05, 4.69) is 53.1 Å². The highest BCUT2D eigenvalue weighted by Crippen LogP contribution is 2.27. The largest absolute Gasteiger partial charge is 0.386 e. The predicted octanol–water partition coefficient (Wildman–Crippen LogP) is 3.56. The maximum atomic E-state index is 10.5. The summed E-state index contributed by atoms with van der Waals surface area (Å²) in [4.78, 5) is 0. The van der Waals surface area contributed by atoms with E-state index >= 15 is 0 Å². The summed E-state index contributed by atoms with van der Waals surface area (Å²) in [6.07, 6.45) is 1.81. The lowest BCUT2D eigenvalue weighted by Crippen LogP contribution is -2.11. The fourth-order valence-electron chi connectivity index (χ4n) is 2.28. The summed E-state index contributed by atoms with van der Waals surface area (Å²) >= 11 is 3.46. The number of aliphatic hydroxyl groups excluding tert-OH is 1. The monoisotopic (exact) mass is 322 g/mol. The molecule has 1 atom stereocenters. The van der Waals surface area contributed by atoms with Crippen molar-refractivity contribution in [1.29, 1.82) is 0 Å². The normalized spacial score (nSPS) is 12.7. The van der Waals surface area contributed by atoms with Gasteiger partial charge in [-0.05, 0) is 47.8 Å². The fraction of sp³-hybridized carbons (Fsp3) is 0.400. The molecule has 1 aromatic carbocycles. The first-order valence-electron chi connectivity index (χ1n) is 6.48. The van der Waals surface area contributed by atoms with Gasteiger partial charge >= 0.3 is 0 Å². The first-order chi connectivity index (χ1) is 9.02. The number of aryl methyl sites for hydroxylation is 3. The van der Waals surface area contributed by atoms with Crippen molar-refractivity contribution in [3.8, 4) is 0 Å². The van der Waals surface area contributed by atoms with Crippen molar-refractivity contribution < 1.29 is 5.11 Å². The van der Waals surface area contributed by atoms with E-state index in [1.807, 2.05) is 11.6 Å². The molecule has 0 aliphatic rings. The highest BCUT2D eigenvalue weighted by Gasteiger charge is 2.18. The highest BCUT2D eigenvalue weighted by atomic mass is 79.9. The molecule has 0 radical (unpaired) electrons. The number of aromatic nitrogens is 2. The summed E-state index contributed by atoms with van der Waals surface area (Å²) in [5.74, 6) is 0. The van der Waals surface area contributed by atoms with Gasteiger partial charge in [-0.3, -0.25) is 4.68 Å². The summed E-state index contributed by atoms with van der Waals surface area (Å²) in [7, 11) is 0. The second-order valence-electron chi connectivity index (χ2n) is 4.84. The molecule has 19 heavy (non-hydrogen) atoms. The molecular formula is C15H19BrN2O. The van der Waals surface area contributed by atoms with Gasteiger partial charge in [-0.15, -0.1) is 0 Å². The van der Waals surface area contributed by atoms with E-state index < -0.39 is 6.10 Å². The zero-order valence-corrected chi connectivity index (χ0v) is 13.1. The molecule has 0 aliphatic carbocycles. The van der Waals surface area contributed by atoms with Gasteiger partial charge in [-0.2, -0.15) is 5.10 Å². The number of benzene rings is 1. The van der Waals surface area contributed by atoms with Crippen molar-refractivity contribution in [2.45, 2.75) is 39.8 Å². The molecule has 3 nitrogen and oxygen atoms in total. The molecule has 0 saturated heterocycles. The molecule has 1 N–H and O–H groups in total. The molecule has 1 aromatic heterocycles. The van der Waals surface area contributed by atoms with E-state index in [4.69, 9.17) is 0 Å². The van der Waals surface area contributed by atoms with Gasteiger partial charge in [-0.25, -0.2) is 0 Å². The summed E-state index contributed by atoms with van der Waals surface area (Å²) in [5, 5.41) is 14.7. The summed E-state index contributed by atoms with van der Waals surface area (Å²) < 4.78 is 2.70. The van der Waals surface area contributed by atoms with Crippen molar-refractivity contribution in [3.63, 3.8) is 0 Å². The number of hydrogen-bond donors (Lipinski definition) is 1. The molecule has 0 aliphatic heterocycles. The van der Waals surface area contributed by atoms with Crippen LogP contribution in [-0.2, 0) is 13.0 Å². The van der Waals surface area contributed by atoms with Gasteiger partial charge in [0.1, 0.15) is 6.10 Å². The van der Waals surface area contributed by atoms with Gasteiger partial charge in [-0.1, -0.05) is 23.8 Å². The molecular weight excluding hydrogens is 304 g/mol. The lowest BCUT2D eigenvalue weighted by molar-refractivity contribution is 0.166. The van der Waals surface area contributed by atoms with Crippen LogP contribution >= 0.6 is 15.9 Å². The third kappa shape index (κ3) is 3.07. The Hall–Kier alpha value is -1.13. The van der Waals surface area contributed by atoms with Gasteiger partial charge in [0.2, 0.25) is 0 Å². The van der Waals surface area contributed by atoms with Gasteiger partial charge in [0.15, 0.2) is 0 Å². The van der Waals surface area contributed by atoms with E-state index in [0.29, 0.717) is 6.42 Å². The van der Waals surface area contributed by atoms with Crippen molar-refractivity contribution >= 4 is 15.9 Å². The zero-order chi connectivity index (χ0) is 14.0. The number of nitrogens with zero attached hydrogens (tertiary/aromatic N) is 2. The standard InChI is InChI=1S/C15H19BrN2O/c1-4-18-15(13(16)9-17-18)14(19)8-12-7-10(2)5-6-11(12)3/h5-7,9,14,19H,4,8H2,1-3H3. The van der Waals surface area contributed by atoms with E-state index in [1.54, 1.807) is 6.20 Å². The fourth-order valence-corrected chi connectivity index (χ4v) is 2.84. The molecule has 4 heteroatoms. The second kappa shape index (κ2) is 5.88. The van der Waals surface area contributed by atoms with E-state index in [1.165, 1.54) is 16.7 Å². The molecule has 2 rings (SSSR count). The Bertz CT molecular complexity index is 578. The smallest absolute Gasteiger partial charge is 0.101 e. The van der Waals surface area contributed by atoms with Crippen LogP contribution in [0.3, 0.4) is 0 Å². The maximum Gasteiger partial charge on any atom is 0.101 e. The van der Waals surface area contributed by atoms with Gasteiger partial charge in [0.05, 0.1) is 16.4 Å². The van der Waals surface area contributed by atoms with E-state index in [0.717, 1.165) is 16.7 Å².